The number of hydrogen-bond acceptors (Lipinski definition) is 4. The average molecular weight is 450 g/mol. The number of nitrogens with zero attached hydrogens (tertiary/aromatic N) is 2. The van der Waals surface area contributed by atoms with Crippen LogP contribution in [0.3, 0.4) is 0 Å². The molecule has 1 atom stereocenters. The molecule has 2 heterocycles. The van der Waals surface area contributed by atoms with Crippen LogP contribution in [-0.2, 0) is 13.0 Å². The van der Waals surface area contributed by atoms with E-state index in [4.69, 9.17) is 0 Å². The fourth-order valence-corrected chi connectivity index (χ4v) is 3.44. The first-order valence-corrected chi connectivity index (χ1v) is 8.95. The van der Waals surface area contributed by atoms with Gasteiger partial charge in [0.1, 0.15) is 0 Å². The van der Waals surface area contributed by atoms with Crippen molar-refractivity contribution < 1.29 is 0 Å². The molecule has 0 bridgehead atoms. The summed E-state index contributed by atoms with van der Waals surface area (Å²) in [6.07, 6.45) is 0.996. The van der Waals surface area contributed by atoms with Gasteiger partial charge in [0.05, 0.1) is 17.2 Å². The summed E-state index contributed by atoms with van der Waals surface area (Å²) < 4.78 is 0. The Morgan fingerprint density at radius 1 is 1.36 bits per heavy atom. The predicted octanol–water partition coefficient (Wildman–Crippen LogP) is 3.85. The van der Waals surface area contributed by atoms with Crippen molar-refractivity contribution in [2.75, 3.05) is 13.6 Å². The topological polar surface area (TPSA) is 49.3 Å². The Morgan fingerprint density at radius 3 is 2.77 bits per heavy atom. The van der Waals surface area contributed by atoms with E-state index in [1.165, 1.54) is 10.6 Å². The Kier molecular flexibility index (Phi) is 8.96. The molecule has 0 aliphatic rings. The summed E-state index contributed by atoms with van der Waals surface area (Å²) in [5.74, 6) is 1.30. The molecule has 0 radical (unpaired) electrons. The van der Waals surface area contributed by atoms with E-state index < -0.39 is 0 Å². The summed E-state index contributed by atoms with van der Waals surface area (Å²) in [6, 6.07) is 2.18. The van der Waals surface area contributed by atoms with E-state index in [1.807, 2.05) is 0 Å². The number of thiazole rings is 1. The zero-order chi connectivity index (χ0) is 15.1. The van der Waals surface area contributed by atoms with Crippen molar-refractivity contribution in [3.8, 4) is 0 Å². The highest BCUT2D eigenvalue weighted by molar-refractivity contribution is 14.0. The standard InChI is InChI=1S/C15H22N4S2.HI/c1-4-14-19-13(10-21-14)8-18-15(16-3)17-7-11(2)12-5-6-20-9-12;/h5-6,9-11H,4,7-8H2,1-3H3,(H2,16,17,18);1H. The summed E-state index contributed by atoms with van der Waals surface area (Å²) in [5, 5.41) is 14.3. The number of halogens is 1. The Labute approximate surface area is 157 Å². The first-order chi connectivity index (χ1) is 10.2. The number of rotatable bonds is 6. The van der Waals surface area contributed by atoms with E-state index in [-0.39, 0.29) is 24.0 Å². The first-order valence-electron chi connectivity index (χ1n) is 7.12. The van der Waals surface area contributed by atoms with Crippen LogP contribution >= 0.6 is 46.7 Å². The Balaban J connectivity index is 0.00000242. The minimum atomic E-state index is 0. The molecule has 0 amide bonds. The van der Waals surface area contributed by atoms with Crippen LogP contribution in [0.15, 0.2) is 27.2 Å². The smallest absolute Gasteiger partial charge is 0.191 e. The summed E-state index contributed by atoms with van der Waals surface area (Å²) in [6.45, 7) is 5.93. The molecule has 0 spiro atoms. The normalized spacial score (nSPS) is 12.6. The van der Waals surface area contributed by atoms with Crippen molar-refractivity contribution in [3.63, 3.8) is 0 Å². The lowest BCUT2D eigenvalue weighted by molar-refractivity contribution is 0.699. The van der Waals surface area contributed by atoms with Gasteiger partial charge in [-0.15, -0.1) is 35.3 Å². The summed E-state index contributed by atoms with van der Waals surface area (Å²) in [5.41, 5.74) is 2.45. The summed E-state index contributed by atoms with van der Waals surface area (Å²) >= 11 is 3.45. The second-order valence-electron chi connectivity index (χ2n) is 4.85. The maximum atomic E-state index is 4.55. The molecular weight excluding hydrogens is 427 g/mol. The van der Waals surface area contributed by atoms with E-state index in [0.29, 0.717) is 12.5 Å². The SMILES string of the molecule is CCc1nc(CNC(=NC)NCC(C)c2ccsc2)cs1.I. The first kappa shape index (κ1) is 19.4. The van der Waals surface area contributed by atoms with Gasteiger partial charge in [-0.3, -0.25) is 4.99 Å². The lowest BCUT2D eigenvalue weighted by atomic mass is 10.1. The van der Waals surface area contributed by atoms with Crippen molar-refractivity contribution in [1.82, 2.24) is 15.6 Å². The van der Waals surface area contributed by atoms with Crippen LogP contribution in [0.25, 0.3) is 0 Å². The molecule has 1 unspecified atom stereocenters. The predicted molar refractivity (Wildman–Crippen MR) is 108 cm³/mol. The number of nitrogens with one attached hydrogen (secondary N) is 2. The zero-order valence-corrected chi connectivity index (χ0v) is 17.1. The molecule has 22 heavy (non-hydrogen) atoms. The van der Waals surface area contributed by atoms with Gasteiger partial charge < -0.3 is 10.6 Å². The molecule has 2 aromatic heterocycles. The molecule has 0 fully saturated rings. The average Bonchev–Trinajstić information content (AvgIpc) is 3.18. The highest BCUT2D eigenvalue weighted by Crippen LogP contribution is 2.17. The lowest BCUT2D eigenvalue weighted by Crippen LogP contribution is -2.38. The van der Waals surface area contributed by atoms with Crippen molar-refractivity contribution in [2.24, 2.45) is 4.99 Å². The van der Waals surface area contributed by atoms with Gasteiger partial charge in [0, 0.05) is 19.0 Å². The van der Waals surface area contributed by atoms with Crippen molar-refractivity contribution >= 4 is 52.6 Å². The lowest BCUT2D eigenvalue weighted by Gasteiger charge is -2.15. The van der Waals surface area contributed by atoms with Gasteiger partial charge in [-0.1, -0.05) is 13.8 Å². The van der Waals surface area contributed by atoms with E-state index in [2.05, 4.69) is 56.7 Å². The van der Waals surface area contributed by atoms with Crippen LogP contribution in [0, 0.1) is 0 Å². The molecule has 0 aliphatic carbocycles. The van der Waals surface area contributed by atoms with Crippen LogP contribution in [0.2, 0.25) is 0 Å². The van der Waals surface area contributed by atoms with Crippen molar-refractivity contribution in [1.29, 1.82) is 0 Å². The van der Waals surface area contributed by atoms with Gasteiger partial charge in [0.15, 0.2) is 5.96 Å². The number of thiophene rings is 1. The molecule has 4 nitrogen and oxygen atoms in total. The fourth-order valence-electron chi connectivity index (χ4n) is 1.91. The van der Waals surface area contributed by atoms with Gasteiger partial charge in [-0.2, -0.15) is 11.3 Å². The molecule has 2 aromatic rings. The molecule has 0 saturated carbocycles. The third-order valence-corrected chi connectivity index (χ3v) is 4.99. The minimum absolute atomic E-state index is 0. The van der Waals surface area contributed by atoms with Gasteiger partial charge in [-0.05, 0) is 34.7 Å². The number of aryl methyl sites for hydroxylation is 1. The molecule has 0 aromatic carbocycles. The maximum absolute atomic E-state index is 4.55. The summed E-state index contributed by atoms with van der Waals surface area (Å²) in [7, 11) is 1.79. The molecule has 0 saturated heterocycles. The Hall–Kier alpha value is -0.670. The third-order valence-electron chi connectivity index (χ3n) is 3.25. The number of hydrogen-bond donors (Lipinski definition) is 2. The van der Waals surface area contributed by atoms with Gasteiger partial charge >= 0.3 is 0 Å². The van der Waals surface area contributed by atoms with Crippen molar-refractivity contribution in [3.05, 3.63) is 38.5 Å². The molecule has 122 valence electrons. The van der Waals surface area contributed by atoms with Crippen LogP contribution in [-0.4, -0.2) is 24.5 Å². The second-order valence-corrected chi connectivity index (χ2v) is 6.57. The minimum Gasteiger partial charge on any atom is -0.356 e. The fraction of sp³-hybridized carbons (Fsp3) is 0.467. The maximum Gasteiger partial charge on any atom is 0.191 e. The summed E-state index contributed by atoms with van der Waals surface area (Å²) in [4.78, 5) is 8.80. The zero-order valence-electron chi connectivity index (χ0n) is 13.1. The van der Waals surface area contributed by atoms with Gasteiger partial charge in [-0.25, -0.2) is 4.98 Å². The molecule has 2 rings (SSSR count). The van der Waals surface area contributed by atoms with Crippen molar-refractivity contribution in [2.45, 2.75) is 32.7 Å². The highest BCUT2D eigenvalue weighted by Gasteiger charge is 2.07. The molecule has 2 N–H and O–H groups in total. The van der Waals surface area contributed by atoms with Gasteiger partial charge in [0.25, 0.3) is 0 Å². The van der Waals surface area contributed by atoms with E-state index in [1.54, 1.807) is 29.7 Å². The highest BCUT2D eigenvalue weighted by atomic mass is 127. The largest absolute Gasteiger partial charge is 0.356 e. The van der Waals surface area contributed by atoms with E-state index >= 15 is 0 Å². The van der Waals surface area contributed by atoms with Crippen LogP contribution in [0.4, 0.5) is 0 Å². The number of aliphatic imine (C=N–C) groups is 1. The van der Waals surface area contributed by atoms with E-state index in [9.17, 15) is 0 Å². The van der Waals surface area contributed by atoms with E-state index in [0.717, 1.165) is 24.6 Å². The molecule has 7 heteroatoms. The number of guanidine groups is 1. The van der Waals surface area contributed by atoms with Crippen LogP contribution in [0.5, 0.6) is 0 Å². The number of aromatic nitrogens is 1. The molecule has 0 aliphatic heterocycles. The van der Waals surface area contributed by atoms with Crippen LogP contribution in [0.1, 0.15) is 36.0 Å². The quantitative estimate of drug-likeness (QED) is 0.399. The van der Waals surface area contributed by atoms with Crippen LogP contribution < -0.4 is 10.6 Å². The molecular formula is C15H23IN4S2. The Bertz CT molecular complexity index is 566. The second kappa shape index (κ2) is 10.2. The Morgan fingerprint density at radius 2 is 2.18 bits per heavy atom. The third kappa shape index (κ3) is 5.85. The monoisotopic (exact) mass is 450 g/mol. The van der Waals surface area contributed by atoms with Gasteiger partial charge in [0.2, 0.25) is 0 Å².